The minimum atomic E-state index is -4.03. The molecule has 1 amide bonds. The fourth-order valence-corrected chi connectivity index (χ4v) is 2.84. The molecule has 21 heavy (non-hydrogen) atoms. The Morgan fingerprint density at radius 3 is 2.33 bits per heavy atom. The van der Waals surface area contributed by atoms with Crippen LogP contribution in [0, 0.1) is 12.7 Å². The van der Waals surface area contributed by atoms with Gasteiger partial charge in [-0.1, -0.05) is 0 Å². The van der Waals surface area contributed by atoms with Crippen LogP contribution in [0.5, 0.6) is 0 Å². The Morgan fingerprint density at radius 1 is 1.29 bits per heavy atom. The second kappa shape index (κ2) is 6.40. The molecular weight excluding hydrogens is 297 g/mol. The van der Waals surface area contributed by atoms with Crippen LogP contribution in [0.4, 0.5) is 10.1 Å². The molecule has 1 unspecified atom stereocenters. The van der Waals surface area contributed by atoms with E-state index in [1.165, 1.54) is 13.8 Å². The van der Waals surface area contributed by atoms with Crippen LogP contribution in [0.2, 0.25) is 0 Å². The molecular formula is C13H20FN3O3S. The van der Waals surface area contributed by atoms with Crippen molar-refractivity contribution in [2.45, 2.75) is 44.7 Å². The van der Waals surface area contributed by atoms with Gasteiger partial charge in [-0.3, -0.25) is 4.79 Å². The number of carbonyl (C=O) groups is 1. The highest BCUT2D eigenvalue weighted by molar-refractivity contribution is 7.89. The van der Waals surface area contributed by atoms with E-state index in [2.05, 4.69) is 10.0 Å². The zero-order valence-electron chi connectivity index (χ0n) is 12.4. The number of benzene rings is 1. The monoisotopic (exact) mass is 317 g/mol. The van der Waals surface area contributed by atoms with Crippen LogP contribution in [0.15, 0.2) is 17.0 Å². The number of nitrogen functional groups attached to an aromatic ring is 1. The van der Waals surface area contributed by atoms with Crippen molar-refractivity contribution in [1.82, 2.24) is 10.0 Å². The van der Waals surface area contributed by atoms with Crippen LogP contribution in [0.1, 0.15) is 26.3 Å². The van der Waals surface area contributed by atoms with Crippen molar-refractivity contribution in [1.29, 1.82) is 0 Å². The Balaban J connectivity index is 2.99. The summed E-state index contributed by atoms with van der Waals surface area (Å²) in [5.41, 5.74) is 5.78. The summed E-state index contributed by atoms with van der Waals surface area (Å²) in [4.78, 5) is 11.4. The number of hydrogen-bond acceptors (Lipinski definition) is 4. The topological polar surface area (TPSA) is 101 Å². The lowest BCUT2D eigenvalue weighted by molar-refractivity contribution is -0.122. The quantitative estimate of drug-likeness (QED) is 0.702. The molecule has 1 aromatic rings. The molecule has 0 radical (unpaired) electrons. The van der Waals surface area contributed by atoms with Crippen LogP contribution in [0.25, 0.3) is 0 Å². The molecule has 6 nitrogen and oxygen atoms in total. The van der Waals surface area contributed by atoms with Gasteiger partial charge in [0.1, 0.15) is 5.82 Å². The molecule has 0 saturated heterocycles. The third-order valence-corrected chi connectivity index (χ3v) is 4.34. The first-order valence-electron chi connectivity index (χ1n) is 6.43. The average molecular weight is 317 g/mol. The van der Waals surface area contributed by atoms with Crippen molar-refractivity contribution in [2.24, 2.45) is 0 Å². The minimum Gasteiger partial charge on any atom is -0.398 e. The Morgan fingerprint density at radius 2 is 1.86 bits per heavy atom. The molecule has 8 heteroatoms. The zero-order chi connectivity index (χ0) is 16.4. The maximum absolute atomic E-state index is 13.6. The van der Waals surface area contributed by atoms with E-state index in [4.69, 9.17) is 5.73 Å². The van der Waals surface area contributed by atoms with E-state index in [1.807, 2.05) is 0 Å². The lowest BCUT2D eigenvalue weighted by Gasteiger charge is -2.16. The van der Waals surface area contributed by atoms with Crippen molar-refractivity contribution in [3.8, 4) is 0 Å². The normalized spacial score (nSPS) is 13.2. The molecule has 0 heterocycles. The summed E-state index contributed by atoms with van der Waals surface area (Å²) in [7, 11) is -4.03. The van der Waals surface area contributed by atoms with Gasteiger partial charge >= 0.3 is 0 Å². The molecule has 1 aromatic carbocycles. The maximum Gasteiger partial charge on any atom is 0.241 e. The molecule has 4 N–H and O–H groups in total. The number of anilines is 1. The molecule has 0 aliphatic heterocycles. The van der Waals surface area contributed by atoms with Crippen molar-refractivity contribution >= 4 is 21.6 Å². The van der Waals surface area contributed by atoms with E-state index >= 15 is 0 Å². The van der Waals surface area contributed by atoms with E-state index in [-0.39, 0.29) is 22.2 Å². The first-order chi connectivity index (χ1) is 9.54. The smallest absolute Gasteiger partial charge is 0.241 e. The summed E-state index contributed by atoms with van der Waals surface area (Å²) in [6, 6.07) is 0.939. The van der Waals surface area contributed by atoms with Crippen molar-refractivity contribution in [3.63, 3.8) is 0 Å². The number of nitrogens with two attached hydrogens (primary N) is 1. The Kier molecular flexibility index (Phi) is 5.30. The number of rotatable bonds is 5. The summed E-state index contributed by atoms with van der Waals surface area (Å²) < 4.78 is 40.0. The number of halogens is 1. The first-order valence-corrected chi connectivity index (χ1v) is 7.91. The predicted octanol–water partition coefficient (Wildman–Crippen LogP) is 0.908. The Hall–Kier alpha value is -1.67. The predicted molar refractivity (Wildman–Crippen MR) is 78.6 cm³/mol. The van der Waals surface area contributed by atoms with Gasteiger partial charge in [0.25, 0.3) is 0 Å². The van der Waals surface area contributed by atoms with Gasteiger partial charge in [-0.15, -0.1) is 0 Å². The molecule has 118 valence electrons. The highest BCUT2D eigenvalue weighted by atomic mass is 32.2. The van der Waals surface area contributed by atoms with Gasteiger partial charge in [0, 0.05) is 17.3 Å². The van der Waals surface area contributed by atoms with Crippen molar-refractivity contribution < 1.29 is 17.6 Å². The summed E-state index contributed by atoms with van der Waals surface area (Å²) in [6.45, 7) is 6.38. The fraction of sp³-hybridized carbons (Fsp3) is 0.462. The molecule has 1 atom stereocenters. The molecule has 0 aromatic heterocycles. The van der Waals surface area contributed by atoms with Crippen LogP contribution < -0.4 is 15.8 Å². The molecule has 0 fully saturated rings. The first kappa shape index (κ1) is 17.4. The van der Waals surface area contributed by atoms with Crippen LogP contribution in [0.3, 0.4) is 0 Å². The standard InChI is InChI=1S/C13H20FN3O3S/c1-7(2)16-13(18)9(4)17-21(19,20)10-5-11(14)8(3)12(15)6-10/h5-7,9,17H,15H2,1-4H3,(H,16,18). The van der Waals surface area contributed by atoms with E-state index in [1.54, 1.807) is 13.8 Å². The fourth-order valence-electron chi connectivity index (χ4n) is 1.59. The van der Waals surface area contributed by atoms with Gasteiger partial charge in [0.2, 0.25) is 15.9 Å². The summed E-state index contributed by atoms with van der Waals surface area (Å²) in [6.07, 6.45) is 0. The largest absolute Gasteiger partial charge is 0.398 e. The summed E-state index contributed by atoms with van der Waals surface area (Å²) in [5.74, 6) is -1.18. The molecule has 0 saturated carbocycles. The second-order valence-electron chi connectivity index (χ2n) is 5.13. The third kappa shape index (κ3) is 4.40. The Bertz CT molecular complexity index is 621. The number of amides is 1. The zero-order valence-corrected chi connectivity index (χ0v) is 13.2. The van der Waals surface area contributed by atoms with E-state index in [9.17, 15) is 17.6 Å². The Labute approximate surface area is 124 Å². The second-order valence-corrected chi connectivity index (χ2v) is 6.84. The van der Waals surface area contributed by atoms with Gasteiger partial charge < -0.3 is 11.1 Å². The summed E-state index contributed by atoms with van der Waals surface area (Å²) >= 11 is 0. The van der Waals surface area contributed by atoms with E-state index in [0.717, 1.165) is 12.1 Å². The van der Waals surface area contributed by atoms with Gasteiger partial charge in [0.15, 0.2) is 0 Å². The van der Waals surface area contributed by atoms with Crippen LogP contribution in [-0.4, -0.2) is 26.4 Å². The van der Waals surface area contributed by atoms with Gasteiger partial charge in [-0.25, -0.2) is 12.8 Å². The van der Waals surface area contributed by atoms with Gasteiger partial charge in [0.05, 0.1) is 10.9 Å². The molecule has 0 aliphatic rings. The van der Waals surface area contributed by atoms with Gasteiger partial charge in [-0.05, 0) is 39.8 Å². The number of hydrogen-bond donors (Lipinski definition) is 3. The van der Waals surface area contributed by atoms with Crippen LogP contribution in [-0.2, 0) is 14.8 Å². The van der Waals surface area contributed by atoms with Crippen molar-refractivity contribution in [2.75, 3.05) is 5.73 Å². The minimum absolute atomic E-state index is 0.0367. The average Bonchev–Trinajstić information content (AvgIpc) is 2.33. The number of nitrogens with one attached hydrogen (secondary N) is 2. The molecule has 0 spiro atoms. The van der Waals surface area contributed by atoms with E-state index < -0.39 is 27.8 Å². The molecule has 0 aliphatic carbocycles. The lowest BCUT2D eigenvalue weighted by Crippen LogP contribution is -2.46. The highest BCUT2D eigenvalue weighted by Gasteiger charge is 2.23. The lowest BCUT2D eigenvalue weighted by atomic mass is 10.2. The number of sulfonamides is 1. The van der Waals surface area contributed by atoms with Gasteiger partial charge in [-0.2, -0.15) is 4.72 Å². The van der Waals surface area contributed by atoms with Crippen molar-refractivity contribution in [3.05, 3.63) is 23.5 Å². The molecule has 1 rings (SSSR count). The summed E-state index contributed by atoms with van der Waals surface area (Å²) in [5, 5.41) is 2.58. The maximum atomic E-state index is 13.6. The van der Waals surface area contributed by atoms with Crippen LogP contribution >= 0.6 is 0 Å². The molecule has 0 bridgehead atoms. The SMILES string of the molecule is Cc1c(N)cc(S(=O)(=O)NC(C)C(=O)NC(C)C)cc1F. The van der Waals surface area contributed by atoms with E-state index in [0.29, 0.717) is 0 Å². The number of carbonyl (C=O) groups excluding carboxylic acids is 1. The highest BCUT2D eigenvalue weighted by Crippen LogP contribution is 2.21. The third-order valence-electron chi connectivity index (χ3n) is 2.82.